The number of carbonyl (C=O) groups is 1. The minimum absolute atomic E-state index is 0.119. The third-order valence-corrected chi connectivity index (χ3v) is 4.43. The normalized spacial score (nSPS) is 25.9. The van der Waals surface area contributed by atoms with Gasteiger partial charge in [0.25, 0.3) is 0 Å². The summed E-state index contributed by atoms with van der Waals surface area (Å²) in [6.45, 7) is 1.39. The summed E-state index contributed by atoms with van der Waals surface area (Å²) in [4.78, 5) is 11.9. The average Bonchev–Trinajstić information content (AvgIpc) is 3.04. The lowest BCUT2D eigenvalue weighted by Crippen LogP contribution is -2.33. The number of nitrogens with zero attached hydrogens (tertiary/aromatic N) is 3. The maximum atomic E-state index is 11.9. The number of nitrogens with one attached hydrogen (secondary N) is 1. The van der Waals surface area contributed by atoms with E-state index in [2.05, 4.69) is 20.1 Å². The maximum absolute atomic E-state index is 11.9. The summed E-state index contributed by atoms with van der Waals surface area (Å²) in [7, 11) is 0. The van der Waals surface area contributed by atoms with E-state index in [0.717, 1.165) is 31.6 Å². The van der Waals surface area contributed by atoms with Crippen LogP contribution in [0, 0.1) is 5.92 Å². The van der Waals surface area contributed by atoms with Gasteiger partial charge in [0, 0.05) is 31.5 Å². The summed E-state index contributed by atoms with van der Waals surface area (Å²) < 4.78 is 2.05. The zero-order valence-corrected chi connectivity index (χ0v) is 11.8. The van der Waals surface area contributed by atoms with Gasteiger partial charge in [0.1, 0.15) is 12.2 Å². The lowest BCUT2D eigenvalue weighted by Gasteiger charge is -2.15. The molecule has 1 heterocycles. The molecule has 0 aliphatic heterocycles. The van der Waals surface area contributed by atoms with Crippen molar-refractivity contribution < 1.29 is 4.79 Å². The fraction of sp³-hybridized carbons (Fsp3) is 0.786. The molecule has 2 aliphatic carbocycles. The van der Waals surface area contributed by atoms with Crippen molar-refractivity contribution in [1.82, 2.24) is 20.1 Å². The Balaban J connectivity index is 1.40. The summed E-state index contributed by atoms with van der Waals surface area (Å²) in [5.41, 5.74) is 5.99. The van der Waals surface area contributed by atoms with Crippen LogP contribution < -0.4 is 11.1 Å². The number of hydrogen-bond acceptors (Lipinski definition) is 4. The molecule has 6 nitrogen and oxygen atoms in total. The minimum Gasteiger partial charge on any atom is -0.354 e. The summed E-state index contributed by atoms with van der Waals surface area (Å²) >= 11 is 0. The van der Waals surface area contributed by atoms with Crippen LogP contribution in [0.25, 0.3) is 0 Å². The molecule has 3 rings (SSSR count). The Morgan fingerprint density at radius 3 is 2.95 bits per heavy atom. The van der Waals surface area contributed by atoms with Gasteiger partial charge in [-0.25, -0.2) is 0 Å². The molecule has 0 radical (unpaired) electrons. The topological polar surface area (TPSA) is 85.8 Å². The summed E-state index contributed by atoms with van der Waals surface area (Å²) in [5, 5.41) is 11.1. The molecule has 0 spiro atoms. The van der Waals surface area contributed by atoms with E-state index in [1.807, 2.05) is 0 Å². The van der Waals surface area contributed by atoms with E-state index in [1.54, 1.807) is 6.33 Å². The summed E-state index contributed by atoms with van der Waals surface area (Å²) in [6.07, 6.45) is 8.06. The molecule has 1 aromatic rings. The van der Waals surface area contributed by atoms with Crippen molar-refractivity contribution in [3.63, 3.8) is 0 Å². The van der Waals surface area contributed by atoms with Gasteiger partial charge in [-0.15, -0.1) is 10.2 Å². The molecule has 6 heteroatoms. The molecule has 2 fully saturated rings. The Morgan fingerprint density at radius 1 is 1.40 bits per heavy atom. The van der Waals surface area contributed by atoms with Crippen molar-refractivity contribution in [1.29, 1.82) is 0 Å². The second-order valence-electron chi connectivity index (χ2n) is 6.07. The second kappa shape index (κ2) is 5.91. The van der Waals surface area contributed by atoms with E-state index in [4.69, 9.17) is 5.73 Å². The first-order chi connectivity index (χ1) is 9.74. The van der Waals surface area contributed by atoms with Gasteiger partial charge in [0.2, 0.25) is 5.91 Å². The molecular formula is C14H23N5O. The van der Waals surface area contributed by atoms with Crippen molar-refractivity contribution in [3.05, 3.63) is 12.2 Å². The highest BCUT2D eigenvalue weighted by Gasteiger charge is 2.28. The first-order valence-electron chi connectivity index (χ1n) is 7.64. The molecule has 0 aromatic carbocycles. The number of nitrogens with two attached hydrogens (primary N) is 1. The van der Waals surface area contributed by atoms with Gasteiger partial charge >= 0.3 is 0 Å². The fourth-order valence-corrected chi connectivity index (χ4v) is 3.04. The van der Waals surface area contributed by atoms with Gasteiger partial charge < -0.3 is 15.6 Å². The third-order valence-electron chi connectivity index (χ3n) is 4.43. The summed E-state index contributed by atoms with van der Waals surface area (Å²) in [5.74, 6) is 2.14. The fourth-order valence-electron chi connectivity index (χ4n) is 3.04. The van der Waals surface area contributed by atoms with Crippen molar-refractivity contribution in [3.8, 4) is 0 Å². The first-order valence-corrected chi connectivity index (χ1v) is 7.64. The molecule has 2 aliphatic rings. The lowest BCUT2D eigenvalue weighted by atomic mass is 10.00. The SMILES string of the molecule is N[C@@H]1CCC[C@H]1CC(=O)NCCn1cnnc1C1CC1. The first kappa shape index (κ1) is 13.5. The van der Waals surface area contributed by atoms with E-state index >= 15 is 0 Å². The zero-order chi connectivity index (χ0) is 13.9. The van der Waals surface area contributed by atoms with Crippen LogP contribution in [0.4, 0.5) is 0 Å². The van der Waals surface area contributed by atoms with E-state index in [9.17, 15) is 4.79 Å². The molecule has 0 saturated heterocycles. The molecule has 0 unspecified atom stereocenters. The highest BCUT2D eigenvalue weighted by atomic mass is 16.1. The smallest absolute Gasteiger partial charge is 0.220 e. The highest BCUT2D eigenvalue weighted by molar-refractivity contribution is 5.76. The van der Waals surface area contributed by atoms with Crippen LogP contribution in [-0.2, 0) is 11.3 Å². The Bertz CT molecular complexity index is 468. The molecule has 110 valence electrons. The highest BCUT2D eigenvalue weighted by Crippen LogP contribution is 2.38. The predicted octanol–water partition coefficient (Wildman–Crippen LogP) is 0.789. The van der Waals surface area contributed by atoms with Gasteiger partial charge in [-0.05, 0) is 31.6 Å². The molecule has 3 N–H and O–H groups in total. The minimum atomic E-state index is 0.119. The van der Waals surface area contributed by atoms with E-state index in [-0.39, 0.29) is 11.9 Å². The molecule has 2 saturated carbocycles. The molecule has 20 heavy (non-hydrogen) atoms. The van der Waals surface area contributed by atoms with Crippen molar-refractivity contribution in [2.24, 2.45) is 11.7 Å². The summed E-state index contributed by atoms with van der Waals surface area (Å²) in [6, 6.07) is 0.208. The predicted molar refractivity (Wildman–Crippen MR) is 74.9 cm³/mol. The average molecular weight is 277 g/mol. The quantitative estimate of drug-likeness (QED) is 0.805. The van der Waals surface area contributed by atoms with E-state index in [0.29, 0.717) is 24.8 Å². The van der Waals surface area contributed by atoms with Crippen LogP contribution >= 0.6 is 0 Å². The Hall–Kier alpha value is -1.43. The Labute approximate surface area is 119 Å². The van der Waals surface area contributed by atoms with Crippen molar-refractivity contribution in [2.75, 3.05) is 6.54 Å². The van der Waals surface area contributed by atoms with E-state index < -0.39 is 0 Å². The molecule has 1 aromatic heterocycles. The van der Waals surface area contributed by atoms with Crippen LogP contribution in [0.2, 0.25) is 0 Å². The number of rotatable bonds is 6. The second-order valence-corrected chi connectivity index (χ2v) is 6.07. The Morgan fingerprint density at radius 2 is 2.25 bits per heavy atom. The standard InChI is InChI=1S/C14H23N5O/c15-12-3-1-2-11(12)8-13(20)16-6-7-19-9-17-18-14(19)10-4-5-10/h9-12H,1-8,15H2,(H,16,20)/t11-,12+/m0/s1. The maximum Gasteiger partial charge on any atom is 0.220 e. The molecule has 0 bridgehead atoms. The van der Waals surface area contributed by atoms with Crippen LogP contribution in [-0.4, -0.2) is 33.3 Å². The Kier molecular flexibility index (Phi) is 4.00. The molecule has 1 amide bonds. The number of carbonyl (C=O) groups excluding carboxylic acids is 1. The van der Waals surface area contributed by atoms with E-state index in [1.165, 1.54) is 12.8 Å². The largest absolute Gasteiger partial charge is 0.354 e. The number of aromatic nitrogens is 3. The van der Waals surface area contributed by atoms with Gasteiger partial charge in [-0.1, -0.05) is 6.42 Å². The van der Waals surface area contributed by atoms with Crippen molar-refractivity contribution >= 4 is 5.91 Å². The van der Waals surface area contributed by atoms with Crippen LogP contribution in [0.5, 0.6) is 0 Å². The lowest BCUT2D eigenvalue weighted by molar-refractivity contribution is -0.122. The monoisotopic (exact) mass is 277 g/mol. The van der Waals surface area contributed by atoms with Crippen LogP contribution in [0.1, 0.15) is 50.3 Å². The number of amides is 1. The van der Waals surface area contributed by atoms with Gasteiger partial charge in [0.15, 0.2) is 0 Å². The van der Waals surface area contributed by atoms with Crippen LogP contribution in [0.15, 0.2) is 6.33 Å². The van der Waals surface area contributed by atoms with Crippen molar-refractivity contribution in [2.45, 2.75) is 57.0 Å². The van der Waals surface area contributed by atoms with Gasteiger partial charge in [-0.2, -0.15) is 0 Å². The molecular weight excluding hydrogens is 254 g/mol. The third kappa shape index (κ3) is 3.17. The van der Waals surface area contributed by atoms with Gasteiger partial charge in [-0.3, -0.25) is 4.79 Å². The van der Waals surface area contributed by atoms with Gasteiger partial charge in [0.05, 0.1) is 0 Å². The number of hydrogen-bond donors (Lipinski definition) is 2. The zero-order valence-electron chi connectivity index (χ0n) is 11.8. The van der Waals surface area contributed by atoms with Crippen LogP contribution in [0.3, 0.4) is 0 Å². The molecule has 2 atom stereocenters.